The van der Waals surface area contributed by atoms with Crippen LogP contribution in [0.1, 0.15) is 72.9 Å². The van der Waals surface area contributed by atoms with Gasteiger partial charge in [-0.1, -0.05) is 93.5 Å². The predicted octanol–water partition coefficient (Wildman–Crippen LogP) is 8.97. The minimum Gasteiger partial charge on any atom is -0.323 e. The maximum Gasteiger partial charge on any atom is 0.248 e. The molecule has 190 valence electrons. The second-order valence-corrected chi connectivity index (χ2v) is 9.67. The van der Waals surface area contributed by atoms with Gasteiger partial charge in [-0.3, -0.25) is 9.78 Å². The molecular weight excluding hydrogens is 440 g/mol. The first-order valence-electron chi connectivity index (χ1n) is 13.0. The van der Waals surface area contributed by atoms with E-state index in [1.54, 1.807) is 6.08 Å². The van der Waals surface area contributed by atoms with Crippen LogP contribution in [0.4, 0.5) is 5.69 Å². The number of pyridine rings is 1. The van der Waals surface area contributed by atoms with Crippen molar-refractivity contribution in [1.29, 1.82) is 0 Å². The molecule has 0 radical (unpaired) electrons. The van der Waals surface area contributed by atoms with Crippen LogP contribution in [0.25, 0.3) is 0 Å². The minimum atomic E-state index is -0.127. The Bertz CT molecular complexity index is 1130. The number of nitrogens with zero attached hydrogens (tertiary/aromatic N) is 1. The number of anilines is 1. The van der Waals surface area contributed by atoms with Crippen LogP contribution in [0, 0.1) is 5.41 Å². The molecule has 0 bridgehead atoms. The van der Waals surface area contributed by atoms with Crippen LogP contribution >= 0.6 is 0 Å². The molecule has 1 aromatic carbocycles. The highest BCUT2D eigenvalue weighted by Gasteiger charge is 2.32. The van der Waals surface area contributed by atoms with Crippen molar-refractivity contribution >= 4 is 11.6 Å². The molecule has 0 saturated heterocycles. The van der Waals surface area contributed by atoms with Crippen LogP contribution in [-0.2, 0) is 4.79 Å². The Morgan fingerprint density at radius 2 is 1.69 bits per heavy atom. The van der Waals surface area contributed by atoms with Crippen molar-refractivity contribution in [3.63, 3.8) is 0 Å². The lowest BCUT2D eigenvalue weighted by atomic mass is 9.68. The number of hydrogen-bond donors (Lipinski definition) is 1. The van der Waals surface area contributed by atoms with E-state index < -0.39 is 0 Å². The highest BCUT2D eigenvalue weighted by Crippen LogP contribution is 2.46. The van der Waals surface area contributed by atoms with E-state index in [0.717, 1.165) is 35.4 Å². The van der Waals surface area contributed by atoms with Gasteiger partial charge in [-0.25, -0.2) is 0 Å². The van der Waals surface area contributed by atoms with Crippen molar-refractivity contribution in [3.8, 4) is 0 Å². The molecule has 0 saturated carbocycles. The summed E-state index contributed by atoms with van der Waals surface area (Å²) in [5, 5.41) is 2.87. The monoisotopic (exact) mass is 482 g/mol. The zero-order chi connectivity index (χ0) is 26.6. The minimum absolute atomic E-state index is 0.127. The third-order valence-electron chi connectivity index (χ3n) is 6.41. The summed E-state index contributed by atoms with van der Waals surface area (Å²) in [6.07, 6.45) is 16.3. The summed E-state index contributed by atoms with van der Waals surface area (Å²) in [6, 6.07) is 15.7. The third kappa shape index (κ3) is 8.64. The Balaban J connectivity index is 0.00000222. The molecular formula is C33H42N2O. The van der Waals surface area contributed by atoms with Gasteiger partial charge in [0.15, 0.2) is 0 Å². The molecule has 36 heavy (non-hydrogen) atoms. The fraction of sp³-hybridized carbons (Fsp3) is 0.333. The molecule has 1 aromatic heterocycles. The van der Waals surface area contributed by atoms with E-state index in [1.807, 2.05) is 75.5 Å². The van der Waals surface area contributed by atoms with E-state index in [-0.39, 0.29) is 11.3 Å². The van der Waals surface area contributed by atoms with Crippen LogP contribution in [0.5, 0.6) is 0 Å². The first kappa shape index (κ1) is 28.8. The second kappa shape index (κ2) is 14.2. The molecule has 0 spiro atoms. The van der Waals surface area contributed by atoms with Gasteiger partial charge in [0.25, 0.3) is 0 Å². The number of nitrogens with one attached hydrogen (secondary N) is 1. The predicted molar refractivity (Wildman–Crippen MR) is 155 cm³/mol. The molecule has 3 heteroatoms. The number of allylic oxidation sites excluding steroid dienone is 9. The van der Waals surface area contributed by atoms with Crippen LogP contribution in [0.15, 0.2) is 113 Å². The van der Waals surface area contributed by atoms with E-state index in [1.165, 1.54) is 11.1 Å². The SMILES string of the molecule is CC.CC1=C(/C=C/C(C)=C/C=C/C(C)=C\C(=O)Nc2ccccc2)C(C)(C)CCC1c1ccccn1. The number of amides is 1. The molecule has 1 aliphatic rings. The quantitative estimate of drug-likeness (QED) is 0.316. The fourth-order valence-electron chi connectivity index (χ4n) is 4.46. The molecule has 0 fully saturated rings. The highest BCUT2D eigenvalue weighted by molar-refractivity contribution is 5.99. The highest BCUT2D eigenvalue weighted by atomic mass is 16.1. The molecule has 1 aliphatic carbocycles. The molecule has 1 N–H and O–H groups in total. The number of hydrogen-bond acceptors (Lipinski definition) is 2. The smallest absolute Gasteiger partial charge is 0.248 e. The fourth-order valence-corrected chi connectivity index (χ4v) is 4.46. The Labute approximate surface area is 218 Å². The summed E-state index contributed by atoms with van der Waals surface area (Å²) >= 11 is 0. The molecule has 3 nitrogen and oxygen atoms in total. The van der Waals surface area contributed by atoms with Gasteiger partial charge >= 0.3 is 0 Å². The molecule has 2 aromatic rings. The average molecular weight is 483 g/mol. The lowest BCUT2D eigenvalue weighted by Gasteiger charge is -2.37. The van der Waals surface area contributed by atoms with Gasteiger partial charge in [-0.05, 0) is 74.4 Å². The Kier molecular flexibility index (Phi) is 11.3. The van der Waals surface area contributed by atoms with Crippen molar-refractivity contribution in [3.05, 3.63) is 119 Å². The van der Waals surface area contributed by atoms with Crippen LogP contribution in [-0.4, -0.2) is 10.9 Å². The van der Waals surface area contributed by atoms with E-state index in [9.17, 15) is 4.79 Å². The van der Waals surface area contributed by atoms with Crippen LogP contribution < -0.4 is 5.32 Å². The van der Waals surface area contributed by atoms with E-state index >= 15 is 0 Å². The molecule has 0 aliphatic heterocycles. The maximum absolute atomic E-state index is 12.2. The summed E-state index contributed by atoms with van der Waals surface area (Å²) in [7, 11) is 0. The summed E-state index contributed by atoms with van der Waals surface area (Å²) in [6.45, 7) is 14.9. The lowest BCUT2D eigenvalue weighted by molar-refractivity contribution is -0.111. The number of carbonyl (C=O) groups excluding carboxylic acids is 1. The van der Waals surface area contributed by atoms with Gasteiger partial charge in [-0.15, -0.1) is 0 Å². The van der Waals surface area contributed by atoms with Gasteiger partial charge in [0.1, 0.15) is 0 Å². The van der Waals surface area contributed by atoms with Crippen molar-refractivity contribution in [2.45, 2.75) is 67.2 Å². The number of para-hydroxylation sites is 1. The lowest BCUT2D eigenvalue weighted by Crippen LogP contribution is -2.24. The molecule has 1 amide bonds. The summed E-state index contributed by atoms with van der Waals surface area (Å²) in [4.78, 5) is 16.8. The van der Waals surface area contributed by atoms with Gasteiger partial charge in [-0.2, -0.15) is 0 Å². The summed E-state index contributed by atoms with van der Waals surface area (Å²) in [5.41, 5.74) is 6.98. The van der Waals surface area contributed by atoms with E-state index in [4.69, 9.17) is 0 Å². The summed E-state index contributed by atoms with van der Waals surface area (Å²) in [5.74, 6) is 0.256. The average Bonchev–Trinajstić information content (AvgIpc) is 2.86. The van der Waals surface area contributed by atoms with Crippen molar-refractivity contribution in [2.24, 2.45) is 5.41 Å². The second-order valence-electron chi connectivity index (χ2n) is 9.67. The first-order valence-corrected chi connectivity index (χ1v) is 13.0. The normalized spacial score (nSPS) is 18.2. The molecule has 1 unspecified atom stereocenters. The Morgan fingerprint density at radius 1 is 1.00 bits per heavy atom. The standard InChI is InChI=1S/C31H36N2O.C2H6/c1-23(12-11-13-24(2)22-30(34)33-26-14-7-6-8-15-26)17-18-28-25(3)27(19-20-31(28,4)5)29-16-9-10-21-32-29;1-2/h6-18,21-22,27H,19-20H2,1-5H3,(H,33,34);1-2H3/b13-11+,18-17+,23-12+,24-22-;. The zero-order valence-corrected chi connectivity index (χ0v) is 23.0. The Morgan fingerprint density at radius 3 is 2.36 bits per heavy atom. The van der Waals surface area contributed by atoms with Crippen LogP contribution in [0.3, 0.4) is 0 Å². The number of benzene rings is 1. The first-order chi connectivity index (χ1) is 17.3. The number of aromatic nitrogens is 1. The number of rotatable bonds is 7. The Hall–Kier alpha value is -3.46. The van der Waals surface area contributed by atoms with E-state index in [2.05, 4.69) is 68.4 Å². The largest absolute Gasteiger partial charge is 0.323 e. The van der Waals surface area contributed by atoms with Crippen LogP contribution in [0.2, 0.25) is 0 Å². The van der Waals surface area contributed by atoms with Crippen molar-refractivity contribution in [1.82, 2.24) is 4.98 Å². The molecule has 1 heterocycles. The molecule has 1 atom stereocenters. The maximum atomic E-state index is 12.2. The van der Waals surface area contributed by atoms with E-state index in [0.29, 0.717) is 5.92 Å². The van der Waals surface area contributed by atoms with Gasteiger partial charge in [0.2, 0.25) is 5.91 Å². The van der Waals surface area contributed by atoms with Crippen molar-refractivity contribution < 1.29 is 4.79 Å². The third-order valence-corrected chi connectivity index (χ3v) is 6.41. The topological polar surface area (TPSA) is 42.0 Å². The van der Waals surface area contributed by atoms with Gasteiger partial charge in [0.05, 0.1) is 0 Å². The van der Waals surface area contributed by atoms with Gasteiger partial charge < -0.3 is 5.32 Å². The summed E-state index contributed by atoms with van der Waals surface area (Å²) < 4.78 is 0. The van der Waals surface area contributed by atoms with Crippen molar-refractivity contribution in [2.75, 3.05) is 5.32 Å². The number of carbonyl (C=O) groups is 1. The zero-order valence-electron chi connectivity index (χ0n) is 23.0. The molecule has 3 rings (SSSR count). The van der Waals surface area contributed by atoms with Gasteiger partial charge in [0, 0.05) is 29.6 Å².